The van der Waals surface area contributed by atoms with Gasteiger partial charge in [0.25, 0.3) is 0 Å². The van der Waals surface area contributed by atoms with Crippen molar-refractivity contribution in [3.05, 3.63) is 12.2 Å². The first-order chi connectivity index (χ1) is 4.88. The molecule has 2 nitrogen and oxygen atoms in total. The monoisotopic (exact) mass is 142 g/mol. The first-order valence-corrected chi connectivity index (χ1v) is 3.76. The van der Waals surface area contributed by atoms with Crippen LogP contribution in [0.25, 0.3) is 0 Å². The molecular formula is C8H14O2. The summed E-state index contributed by atoms with van der Waals surface area (Å²) in [6.45, 7) is 2.19. The van der Waals surface area contributed by atoms with Crippen molar-refractivity contribution in [1.82, 2.24) is 0 Å². The number of aliphatic hydroxyl groups excluding tert-OH is 1. The zero-order chi connectivity index (χ0) is 7.40. The lowest BCUT2D eigenvalue weighted by Gasteiger charge is -1.86. The first kappa shape index (κ1) is 7.76. The van der Waals surface area contributed by atoms with E-state index < -0.39 is 0 Å². The highest BCUT2D eigenvalue weighted by Crippen LogP contribution is 2.25. The van der Waals surface area contributed by atoms with Crippen molar-refractivity contribution in [3.8, 4) is 0 Å². The maximum absolute atomic E-state index is 8.59. The Balaban J connectivity index is 1.96. The van der Waals surface area contributed by atoms with E-state index in [0.29, 0.717) is 6.10 Å². The fraction of sp³-hybridized carbons (Fsp3) is 0.750. The summed E-state index contributed by atoms with van der Waals surface area (Å²) in [5, 5.41) is 8.59. The van der Waals surface area contributed by atoms with Crippen LogP contribution in [-0.2, 0) is 4.74 Å². The van der Waals surface area contributed by atoms with Crippen LogP contribution in [0, 0.1) is 0 Å². The minimum absolute atomic E-state index is 0.144. The Morgan fingerprint density at radius 3 is 2.80 bits per heavy atom. The zero-order valence-corrected chi connectivity index (χ0v) is 6.29. The van der Waals surface area contributed by atoms with Gasteiger partial charge in [-0.25, -0.2) is 0 Å². The normalized spacial score (nSPS) is 31.4. The van der Waals surface area contributed by atoms with Crippen LogP contribution in [0.3, 0.4) is 0 Å². The van der Waals surface area contributed by atoms with Gasteiger partial charge in [-0.05, 0) is 19.8 Å². The molecular weight excluding hydrogens is 128 g/mol. The van der Waals surface area contributed by atoms with Crippen LogP contribution in [0.2, 0.25) is 0 Å². The fourth-order valence-electron chi connectivity index (χ4n) is 1.02. The molecule has 1 heterocycles. The average Bonchev–Trinajstić information content (AvgIpc) is 2.68. The third-order valence-corrected chi connectivity index (χ3v) is 1.72. The molecule has 0 aromatic heterocycles. The van der Waals surface area contributed by atoms with E-state index in [9.17, 15) is 0 Å². The van der Waals surface area contributed by atoms with Gasteiger partial charge in [-0.1, -0.05) is 12.2 Å². The lowest BCUT2D eigenvalue weighted by atomic mass is 10.2. The van der Waals surface area contributed by atoms with E-state index in [2.05, 4.69) is 6.08 Å². The number of allylic oxidation sites excluding steroid dienone is 2. The van der Waals surface area contributed by atoms with Crippen molar-refractivity contribution >= 4 is 0 Å². The molecule has 0 amide bonds. The zero-order valence-electron chi connectivity index (χ0n) is 6.29. The van der Waals surface area contributed by atoms with Crippen molar-refractivity contribution < 1.29 is 9.84 Å². The van der Waals surface area contributed by atoms with Crippen LogP contribution in [-0.4, -0.2) is 23.9 Å². The van der Waals surface area contributed by atoms with Gasteiger partial charge in [-0.15, -0.1) is 0 Å². The van der Waals surface area contributed by atoms with Crippen molar-refractivity contribution in [1.29, 1.82) is 0 Å². The molecule has 0 aliphatic carbocycles. The largest absolute Gasteiger partial charge is 0.394 e. The van der Waals surface area contributed by atoms with Gasteiger partial charge < -0.3 is 9.84 Å². The summed E-state index contributed by atoms with van der Waals surface area (Å²) >= 11 is 0. The van der Waals surface area contributed by atoms with Gasteiger partial charge in [-0.3, -0.25) is 0 Å². The van der Waals surface area contributed by atoms with Gasteiger partial charge in [0.15, 0.2) is 0 Å². The molecule has 1 aliphatic heterocycles. The van der Waals surface area contributed by atoms with E-state index in [1.807, 2.05) is 13.0 Å². The summed E-state index contributed by atoms with van der Waals surface area (Å²) in [4.78, 5) is 0. The van der Waals surface area contributed by atoms with Crippen LogP contribution < -0.4 is 0 Å². The number of aliphatic hydroxyl groups is 1. The predicted octanol–water partition coefficient (Wildman–Crippen LogP) is 1.10. The standard InChI is InChI=1S/C8H14O2/c1-2-3-4-5-7-8(6-9)10-7/h2-3,7-9H,4-6H2,1H3/b3-2+/t7-,8-/m0/s1. The maximum Gasteiger partial charge on any atom is 0.107 e. The summed E-state index contributed by atoms with van der Waals surface area (Å²) in [6.07, 6.45) is 6.76. The molecule has 0 spiro atoms. The number of hydrogen-bond donors (Lipinski definition) is 1. The van der Waals surface area contributed by atoms with E-state index >= 15 is 0 Å². The Hall–Kier alpha value is -0.340. The van der Waals surface area contributed by atoms with E-state index in [1.165, 1.54) is 0 Å². The lowest BCUT2D eigenvalue weighted by Crippen LogP contribution is -1.97. The molecule has 0 aromatic rings. The molecule has 58 valence electrons. The molecule has 10 heavy (non-hydrogen) atoms. The van der Waals surface area contributed by atoms with E-state index in [4.69, 9.17) is 9.84 Å². The second-order valence-electron chi connectivity index (χ2n) is 2.54. The second kappa shape index (κ2) is 3.74. The van der Waals surface area contributed by atoms with Crippen LogP contribution in [0.15, 0.2) is 12.2 Å². The third-order valence-electron chi connectivity index (χ3n) is 1.72. The van der Waals surface area contributed by atoms with Crippen LogP contribution in [0.5, 0.6) is 0 Å². The molecule has 0 aromatic carbocycles. The molecule has 0 radical (unpaired) electrons. The van der Waals surface area contributed by atoms with Crippen LogP contribution >= 0.6 is 0 Å². The summed E-state index contributed by atoms with van der Waals surface area (Å²) < 4.78 is 5.13. The van der Waals surface area contributed by atoms with Crippen molar-refractivity contribution in [2.24, 2.45) is 0 Å². The SMILES string of the molecule is C/C=C/CC[C@@H]1O[C@H]1CO. The van der Waals surface area contributed by atoms with Gasteiger partial charge in [0.2, 0.25) is 0 Å². The van der Waals surface area contributed by atoms with Gasteiger partial charge in [0, 0.05) is 0 Å². The van der Waals surface area contributed by atoms with Crippen molar-refractivity contribution in [2.75, 3.05) is 6.61 Å². The van der Waals surface area contributed by atoms with Gasteiger partial charge in [0.05, 0.1) is 12.7 Å². The molecule has 1 aliphatic rings. The molecule has 0 bridgehead atoms. The van der Waals surface area contributed by atoms with Gasteiger partial charge in [-0.2, -0.15) is 0 Å². The Labute approximate surface area is 61.5 Å². The number of ether oxygens (including phenoxy) is 1. The van der Waals surface area contributed by atoms with E-state index in [0.717, 1.165) is 12.8 Å². The highest BCUT2D eigenvalue weighted by atomic mass is 16.6. The number of rotatable bonds is 4. The van der Waals surface area contributed by atoms with Crippen molar-refractivity contribution in [2.45, 2.75) is 32.0 Å². The molecule has 2 atom stereocenters. The lowest BCUT2D eigenvalue weighted by molar-refractivity contribution is 0.241. The molecule has 0 saturated carbocycles. The van der Waals surface area contributed by atoms with E-state index in [-0.39, 0.29) is 12.7 Å². The summed E-state index contributed by atoms with van der Waals surface area (Å²) in [5.41, 5.74) is 0. The van der Waals surface area contributed by atoms with Gasteiger partial charge >= 0.3 is 0 Å². The molecule has 1 saturated heterocycles. The first-order valence-electron chi connectivity index (χ1n) is 3.76. The van der Waals surface area contributed by atoms with Gasteiger partial charge in [0.1, 0.15) is 6.10 Å². The van der Waals surface area contributed by atoms with Crippen LogP contribution in [0.1, 0.15) is 19.8 Å². The summed E-state index contributed by atoms with van der Waals surface area (Å²) in [7, 11) is 0. The Morgan fingerprint density at radius 1 is 1.50 bits per heavy atom. The predicted molar refractivity (Wildman–Crippen MR) is 39.8 cm³/mol. The Bertz CT molecular complexity index is 120. The number of hydrogen-bond acceptors (Lipinski definition) is 2. The molecule has 2 heteroatoms. The van der Waals surface area contributed by atoms with E-state index in [1.54, 1.807) is 0 Å². The summed E-state index contributed by atoms with van der Waals surface area (Å²) in [5.74, 6) is 0. The molecule has 1 fully saturated rings. The minimum Gasteiger partial charge on any atom is -0.394 e. The molecule has 1 N–H and O–H groups in total. The molecule has 0 unspecified atom stereocenters. The third kappa shape index (κ3) is 2.12. The average molecular weight is 142 g/mol. The second-order valence-corrected chi connectivity index (χ2v) is 2.54. The molecule has 1 rings (SSSR count). The number of epoxide rings is 1. The fourth-order valence-corrected chi connectivity index (χ4v) is 1.02. The van der Waals surface area contributed by atoms with Crippen LogP contribution in [0.4, 0.5) is 0 Å². The maximum atomic E-state index is 8.59. The van der Waals surface area contributed by atoms with Crippen molar-refractivity contribution in [3.63, 3.8) is 0 Å². The smallest absolute Gasteiger partial charge is 0.107 e. The Kier molecular flexibility index (Phi) is 2.90. The Morgan fingerprint density at radius 2 is 2.30 bits per heavy atom. The highest BCUT2D eigenvalue weighted by Gasteiger charge is 2.36. The quantitative estimate of drug-likeness (QED) is 0.471. The minimum atomic E-state index is 0.144. The topological polar surface area (TPSA) is 32.8 Å². The highest BCUT2D eigenvalue weighted by molar-refractivity contribution is 4.87. The summed E-state index contributed by atoms with van der Waals surface area (Å²) in [6, 6.07) is 0.